The largest absolute Gasteiger partial charge is 0.494 e. The molecule has 0 spiro atoms. The lowest BCUT2D eigenvalue weighted by Gasteiger charge is -2.13. The Kier molecular flexibility index (Phi) is 7.79. The lowest BCUT2D eigenvalue weighted by atomic mass is 10.1. The van der Waals surface area contributed by atoms with Gasteiger partial charge in [0.05, 0.1) is 26.5 Å². The highest BCUT2D eigenvalue weighted by atomic mass is 16.5. The molecule has 0 aliphatic heterocycles. The summed E-state index contributed by atoms with van der Waals surface area (Å²) in [4.78, 5) is 30.1. The third-order valence-corrected chi connectivity index (χ3v) is 5.52. The number of para-hydroxylation sites is 2. The van der Waals surface area contributed by atoms with E-state index in [0.717, 1.165) is 16.7 Å². The molecular weight excluding hydrogens is 460 g/mol. The van der Waals surface area contributed by atoms with Crippen molar-refractivity contribution >= 4 is 28.6 Å². The number of carbonyl (C=O) groups excluding carboxylic acids is 2. The summed E-state index contributed by atoms with van der Waals surface area (Å²) in [6.45, 7) is 4.24. The van der Waals surface area contributed by atoms with Gasteiger partial charge in [-0.05, 0) is 50.1 Å². The number of amides is 1. The predicted molar refractivity (Wildman–Crippen MR) is 136 cm³/mol. The molecule has 0 radical (unpaired) electrons. The molecule has 0 fully saturated rings. The number of methoxy groups -OCH3 is 1. The van der Waals surface area contributed by atoms with Crippen LogP contribution in [0.1, 0.15) is 35.7 Å². The Bertz CT molecular complexity index is 1370. The highest BCUT2D eigenvalue weighted by Gasteiger charge is 2.23. The average molecular weight is 489 g/mol. The van der Waals surface area contributed by atoms with Crippen LogP contribution in [0.5, 0.6) is 11.5 Å². The first-order chi connectivity index (χ1) is 17.5. The summed E-state index contributed by atoms with van der Waals surface area (Å²) in [7, 11) is 1.58. The summed E-state index contributed by atoms with van der Waals surface area (Å²) < 4.78 is 17.8. The molecule has 1 amide bonds. The van der Waals surface area contributed by atoms with Gasteiger partial charge in [0.15, 0.2) is 11.6 Å². The van der Waals surface area contributed by atoms with Crippen LogP contribution in [0.3, 0.4) is 0 Å². The summed E-state index contributed by atoms with van der Waals surface area (Å²) in [6.07, 6.45) is 2.06. The second-order valence-electron chi connectivity index (χ2n) is 8.01. The fourth-order valence-corrected chi connectivity index (χ4v) is 3.78. The number of ether oxygens (including phenoxy) is 3. The lowest BCUT2D eigenvalue weighted by molar-refractivity contribution is -0.116. The molecule has 4 rings (SSSR count). The first kappa shape index (κ1) is 24.7. The third-order valence-electron chi connectivity index (χ3n) is 5.52. The van der Waals surface area contributed by atoms with Crippen LogP contribution in [0.15, 0.2) is 60.8 Å². The number of nitrogens with zero attached hydrogens (tertiary/aromatic N) is 3. The highest BCUT2D eigenvalue weighted by Crippen LogP contribution is 2.29. The van der Waals surface area contributed by atoms with Crippen molar-refractivity contribution in [3.63, 3.8) is 0 Å². The third kappa shape index (κ3) is 5.46. The molecule has 36 heavy (non-hydrogen) atoms. The molecule has 9 heteroatoms. The number of aromatic nitrogens is 3. The second-order valence-corrected chi connectivity index (χ2v) is 8.01. The van der Waals surface area contributed by atoms with Crippen LogP contribution in [-0.4, -0.2) is 47.0 Å². The normalized spacial score (nSPS) is 10.8. The van der Waals surface area contributed by atoms with Gasteiger partial charge in [-0.1, -0.05) is 30.3 Å². The van der Waals surface area contributed by atoms with E-state index in [1.807, 2.05) is 61.5 Å². The van der Waals surface area contributed by atoms with Crippen LogP contribution in [0.2, 0.25) is 0 Å². The zero-order chi connectivity index (χ0) is 25.5. The summed E-state index contributed by atoms with van der Waals surface area (Å²) in [5.41, 5.74) is 1.74. The average Bonchev–Trinajstić information content (AvgIpc) is 3.30. The van der Waals surface area contributed by atoms with E-state index < -0.39 is 5.97 Å². The van der Waals surface area contributed by atoms with Gasteiger partial charge >= 0.3 is 5.97 Å². The van der Waals surface area contributed by atoms with Crippen molar-refractivity contribution in [3.8, 4) is 17.3 Å². The van der Waals surface area contributed by atoms with Gasteiger partial charge in [-0.15, -0.1) is 0 Å². The minimum absolute atomic E-state index is 0.144. The SMILES string of the molecule is CCOC(=O)c1cnn(-c2cc(C)c3cccc(OC)c3n2)c1NC(=O)CCCOc1ccccc1. The lowest BCUT2D eigenvalue weighted by Crippen LogP contribution is -2.19. The molecule has 0 saturated carbocycles. The molecular formula is C27H28N4O5. The number of fused-ring (bicyclic) bond motifs is 1. The van der Waals surface area contributed by atoms with Crippen LogP contribution in [0, 0.1) is 6.92 Å². The number of aryl methyl sites for hydroxylation is 1. The molecule has 1 N–H and O–H groups in total. The Morgan fingerprint density at radius 3 is 2.64 bits per heavy atom. The van der Waals surface area contributed by atoms with E-state index in [4.69, 9.17) is 19.2 Å². The zero-order valence-electron chi connectivity index (χ0n) is 20.5. The van der Waals surface area contributed by atoms with Crippen molar-refractivity contribution in [3.05, 3.63) is 71.9 Å². The Morgan fingerprint density at radius 2 is 1.89 bits per heavy atom. The number of hydrogen-bond acceptors (Lipinski definition) is 7. The monoisotopic (exact) mass is 488 g/mol. The van der Waals surface area contributed by atoms with Crippen LogP contribution in [-0.2, 0) is 9.53 Å². The topological polar surface area (TPSA) is 105 Å². The van der Waals surface area contributed by atoms with Crippen LogP contribution in [0.4, 0.5) is 5.82 Å². The minimum Gasteiger partial charge on any atom is -0.494 e. The summed E-state index contributed by atoms with van der Waals surface area (Å²) in [5, 5.41) is 8.11. The Balaban J connectivity index is 1.59. The molecule has 0 aliphatic rings. The molecule has 0 saturated heterocycles. The van der Waals surface area contributed by atoms with Crippen LogP contribution < -0.4 is 14.8 Å². The molecule has 4 aromatic rings. The first-order valence-corrected chi connectivity index (χ1v) is 11.7. The number of pyridine rings is 1. The minimum atomic E-state index is -0.582. The number of nitrogens with one attached hydrogen (secondary N) is 1. The number of rotatable bonds is 10. The van der Waals surface area contributed by atoms with E-state index in [2.05, 4.69) is 10.4 Å². The summed E-state index contributed by atoms with van der Waals surface area (Å²) in [5.74, 6) is 1.12. The molecule has 2 aromatic heterocycles. The van der Waals surface area contributed by atoms with Crippen molar-refractivity contribution < 1.29 is 23.8 Å². The van der Waals surface area contributed by atoms with Crippen LogP contribution in [0.25, 0.3) is 16.7 Å². The highest BCUT2D eigenvalue weighted by molar-refractivity contribution is 6.00. The molecule has 0 atom stereocenters. The van der Waals surface area contributed by atoms with Gasteiger partial charge in [-0.3, -0.25) is 4.79 Å². The number of esters is 1. The molecule has 2 heterocycles. The summed E-state index contributed by atoms with van der Waals surface area (Å²) in [6, 6.07) is 16.9. The van der Waals surface area contributed by atoms with Gasteiger partial charge in [0.2, 0.25) is 5.91 Å². The smallest absolute Gasteiger partial charge is 0.343 e. The van der Waals surface area contributed by atoms with E-state index in [0.29, 0.717) is 30.1 Å². The van der Waals surface area contributed by atoms with Crippen molar-refractivity contribution in [2.45, 2.75) is 26.7 Å². The standard InChI is InChI=1S/C27H28N4O5/c1-4-35-27(33)21-17-28-31(23-16-18(2)20-12-8-13-22(34-3)25(20)29-23)26(21)30-24(32)14-9-15-36-19-10-6-5-7-11-19/h5-8,10-13,16-17H,4,9,14-15H2,1-3H3,(H,30,32). The maximum atomic E-state index is 12.8. The van der Waals surface area contributed by atoms with Gasteiger partial charge in [0, 0.05) is 11.8 Å². The molecule has 0 bridgehead atoms. The van der Waals surface area contributed by atoms with E-state index in [1.165, 1.54) is 10.9 Å². The quantitative estimate of drug-likeness (QED) is 0.255. The van der Waals surface area contributed by atoms with Crippen molar-refractivity contribution in [2.75, 3.05) is 25.6 Å². The Hall–Kier alpha value is -4.40. The van der Waals surface area contributed by atoms with Gasteiger partial charge < -0.3 is 19.5 Å². The van der Waals surface area contributed by atoms with Gasteiger partial charge in [-0.2, -0.15) is 9.78 Å². The Morgan fingerprint density at radius 1 is 1.08 bits per heavy atom. The number of benzene rings is 2. The maximum absolute atomic E-state index is 12.8. The molecule has 9 nitrogen and oxygen atoms in total. The fraction of sp³-hybridized carbons (Fsp3) is 0.259. The van der Waals surface area contributed by atoms with Crippen molar-refractivity contribution in [2.24, 2.45) is 0 Å². The van der Waals surface area contributed by atoms with E-state index >= 15 is 0 Å². The number of carbonyl (C=O) groups is 2. The van der Waals surface area contributed by atoms with Crippen molar-refractivity contribution in [1.82, 2.24) is 14.8 Å². The zero-order valence-corrected chi connectivity index (χ0v) is 20.5. The molecule has 186 valence electrons. The molecule has 2 aromatic carbocycles. The molecule has 0 aliphatic carbocycles. The number of hydrogen-bond donors (Lipinski definition) is 1. The van der Waals surface area contributed by atoms with E-state index in [1.54, 1.807) is 14.0 Å². The van der Waals surface area contributed by atoms with Crippen molar-refractivity contribution in [1.29, 1.82) is 0 Å². The van der Waals surface area contributed by atoms with Crippen LogP contribution >= 0.6 is 0 Å². The van der Waals surface area contributed by atoms with Gasteiger partial charge in [-0.25, -0.2) is 9.78 Å². The fourth-order valence-electron chi connectivity index (χ4n) is 3.78. The number of anilines is 1. The second kappa shape index (κ2) is 11.4. The maximum Gasteiger partial charge on any atom is 0.343 e. The van der Waals surface area contributed by atoms with E-state index in [-0.39, 0.29) is 30.3 Å². The van der Waals surface area contributed by atoms with Gasteiger partial charge in [0.1, 0.15) is 22.6 Å². The molecule has 0 unspecified atom stereocenters. The van der Waals surface area contributed by atoms with Gasteiger partial charge in [0.25, 0.3) is 0 Å². The predicted octanol–water partition coefficient (Wildman–Crippen LogP) is 4.71. The summed E-state index contributed by atoms with van der Waals surface area (Å²) >= 11 is 0. The first-order valence-electron chi connectivity index (χ1n) is 11.7. The Labute approximate surface area is 209 Å². The van der Waals surface area contributed by atoms with E-state index in [9.17, 15) is 9.59 Å².